The number of aromatic nitrogens is 2. The van der Waals surface area contributed by atoms with Gasteiger partial charge in [0, 0.05) is 158 Å². The van der Waals surface area contributed by atoms with Crippen molar-refractivity contribution in [1.82, 2.24) is 9.97 Å². The number of thiol groups is 1. The summed E-state index contributed by atoms with van der Waals surface area (Å²) in [7, 11) is -0.905. The predicted octanol–water partition coefficient (Wildman–Crippen LogP) is 26.0. The normalized spacial score (nSPS) is 13.5. The molecular formula is C82H48N4S6. The van der Waals surface area contributed by atoms with Crippen molar-refractivity contribution in [3.63, 3.8) is 0 Å². The molecule has 0 fully saturated rings. The van der Waals surface area contributed by atoms with E-state index in [-0.39, 0.29) is 0 Å². The Kier molecular flexibility index (Phi) is 11.9. The molecule has 0 radical (unpaired) electrons. The standard InChI is InChI=1S/C82H48N4S6/c1-4-15-68-57(10-1)61-44-54(31-35-71(61)87-68)85(52-27-21-48(22-28-52)50-25-34-74-65(43-50)81-76(90-74)19-9-40-84-81)55-32-37-73-63(45-55)59-13-7-20-79(82(59)91-73)92-77-38-26-51(42-64(77)66-47-83-41-39-78(66)92)49-23-29-53(30-24-49)86(56-33-36-72-62(46-56)58-11-2-5-16-69(58)88-72)67-14-8-18-75-80(67)60-12-3-6-17-70(60)89-75/h1-47,92H. The second-order valence-corrected chi connectivity index (χ2v) is 31.1. The average molecular weight is 1280 g/mol. The number of hydrogen-bond donors (Lipinski definition) is 1. The summed E-state index contributed by atoms with van der Waals surface area (Å²) >= 11 is 9.31. The lowest BCUT2D eigenvalue weighted by molar-refractivity contribution is 1.27. The predicted molar refractivity (Wildman–Crippen MR) is 402 cm³/mol. The van der Waals surface area contributed by atoms with E-state index in [1.54, 1.807) is 11.3 Å². The van der Waals surface area contributed by atoms with Gasteiger partial charge in [-0.1, -0.05) is 109 Å². The number of thiophene rings is 5. The molecule has 0 spiro atoms. The molecule has 1 aliphatic heterocycles. The van der Waals surface area contributed by atoms with Gasteiger partial charge >= 0.3 is 0 Å². The smallest absolute Gasteiger partial charge is 0.0888 e. The van der Waals surface area contributed by atoms with Gasteiger partial charge in [0.05, 0.1) is 15.9 Å². The summed E-state index contributed by atoms with van der Waals surface area (Å²) in [5, 5.41) is 11.5. The fourth-order valence-corrected chi connectivity index (χ4v) is 22.8. The summed E-state index contributed by atoms with van der Waals surface area (Å²) in [5.41, 5.74) is 15.1. The maximum Gasteiger partial charge on any atom is 0.0888 e. The summed E-state index contributed by atoms with van der Waals surface area (Å²) in [5.74, 6) is 0. The maximum absolute atomic E-state index is 4.79. The summed E-state index contributed by atoms with van der Waals surface area (Å²) in [6.45, 7) is 0. The van der Waals surface area contributed by atoms with Crippen LogP contribution in [0.5, 0.6) is 0 Å². The number of anilines is 6. The third kappa shape index (κ3) is 8.25. The van der Waals surface area contributed by atoms with Crippen LogP contribution in [0, 0.1) is 0 Å². The van der Waals surface area contributed by atoms with Gasteiger partial charge in [0.2, 0.25) is 0 Å². The van der Waals surface area contributed by atoms with Gasteiger partial charge in [-0.2, -0.15) is 10.9 Å². The molecule has 1 unspecified atom stereocenters. The van der Waals surface area contributed by atoms with Crippen LogP contribution in [0.3, 0.4) is 0 Å². The minimum atomic E-state index is -0.905. The molecule has 0 N–H and O–H groups in total. The Hall–Kier alpha value is -10.0. The van der Waals surface area contributed by atoms with Crippen molar-refractivity contribution in [1.29, 1.82) is 0 Å². The van der Waals surface area contributed by atoms with Gasteiger partial charge in [-0.25, -0.2) is 0 Å². The molecule has 92 heavy (non-hydrogen) atoms. The highest BCUT2D eigenvalue weighted by Crippen LogP contribution is 2.65. The zero-order valence-electron chi connectivity index (χ0n) is 48.9. The van der Waals surface area contributed by atoms with E-state index in [4.69, 9.17) is 9.97 Å². The van der Waals surface area contributed by atoms with Gasteiger partial charge < -0.3 is 9.80 Å². The van der Waals surface area contributed by atoms with Crippen molar-refractivity contribution in [2.75, 3.05) is 9.80 Å². The molecule has 10 heteroatoms. The lowest BCUT2D eigenvalue weighted by Gasteiger charge is -2.27. The zero-order chi connectivity index (χ0) is 60.1. The van der Waals surface area contributed by atoms with Crippen LogP contribution in [-0.4, -0.2) is 9.97 Å². The lowest BCUT2D eigenvalue weighted by Crippen LogP contribution is -2.10. The number of hydrogen-bond acceptors (Lipinski definition) is 9. The largest absolute Gasteiger partial charge is 0.310 e. The number of benzene rings is 12. The lowest BCUT2D eigenvalue weighted by atomic mass is 9.99. The minimum Gasteiger partial charge on any atom is -0.310 e. The van der Waals surface area contributed by atoms with E-state index in [9.17, 15) is 0 Å². The van der Waals surface area contributed by atoms with Crippen LogP contribution in [0.25, 0.3) is 134 Å². The first kappa shape index (κ1) is 52.7. The van der Waals surface area contributed by atoms with E-state index in [1.807, 2.05) is 63.8 Å². The van der Waals surface area contributed by atoms with Crippen LogP contribution in [0.15, 0.2) is 300 Å². The van der Waals surface area contributed by atoms with E-state index < -0.39 is 10.9 Å². The minimum absolute atomic E-state index is 0.905. The highest BCUT2D eigenvalue weighted by molar-refractivity contribution is 8.18. The second kappa shape index (κ2) is 20.8. The fraction of sp³-hybridized carbons (Fsp3) is 0. The van der Waals surface area contributed by atoms with E-state index in [0.717, 1.165) is 34.0 Å². The maximum atomic E-state index is 4.79. The van der Waals surface area contributed by atoms with E-state index in [0.29, 0.717) is 0 Å². The third-order valence-electron chi connectivity index (χ3n) is 18.5. The first-order chi connectivity index (χ1) is 45.6. The molecule has 4 nitrogen and oxygen atoms in total. The number of nitrogens with zero attached hydrogens (tertiary/aromatic N) is 4. The number of fused-ring (bicyclic) bond motifs is 18. The van der Waals surface area contributed by atoms with Gasteiger partial charge in [0.25, 0.3) is 0 Å². The molecule has 0 amide bonds. The van der Waals surface area contributed by atoms with Crippen molar-refractivity contribution in [2.45, 2.75) is 14.7 Å². The van der Waals surface area contributed by atoms with Gasteiger partial charge in [-0.3, -0.25) is 9.97 Å². The number of rotatable bonds is 9. The van der Waals surface area contributed by atoms with Gasteiger partial charge in [0.15, 0.2) is 0 Å². The molecule has 0 aliphatic carbocycles. The molecular weight excluding hydrogens is 1230 g/mol. The Morgan fingerprint density at radius 1 is 0.283 bits per heavy atom. The van der Waals surface area contributed by atoms with Gasteiger partial charge in [-0.05, 0) is 186 Å². The van der Waals surface area contributed by atoms with Crippen molar-refractivity contribution < 1.29 is 0 Å². The van der Waals surface area contributed by atoms with Gasteiger partial charge in [0.1, 0.15) is 0 Å². The van der Waals surface area contributed by atoms with Crippen LogP contribution < -0.4 is 9.80 Å². The van der Waals surface area contributed by atoms with E-state index in [2.05, 4.69) is 277 Å². The van der Waals surface area contributed by atoms with Crippen LogP contribution in [0.1, 0.15) is 0 Å². The fourth-order valence-electron chi connectivity index (χ4n) is 14.3. The molecule has 0 saturated carbocycles. The molecule has 7 aromatic heterocycles. The second-order valence-electron chi connectivity index (χ2n) is 23.6. The third-order valence-corrected chi connectivity index (χ3v) is 27.1. The first-order valence-corrected chi connectivity index (χ1v) is 36.1. The monoisotopic (exact) mass is 1280 g/mol. The van der Waals surface area contributed by atoms with E-state index >= 15 is 0 Å². The SMILES string of the molecule is c1ccc2c(c1)sc1ccc(N(c3ccc(-c4ccc5sc6cccnc6c5c4)cc3)c3ccc4sc5c([SH]6c7ccncc7-c7cc(-c8ccc(N(c9ccc%10sc%11ccccc%11c%10c9)c9cccc%10sc%11ccccc%11c9%10)cc8)ccc76)cccc5c4c3)cc12. The molecule has 1 atom stereocenters. The summed E-state index contributed by atoms with van der Waals surface area (Å²) in [6.07, 6.45) is 5.98. The first-order valence-electron chi connectivity index (χ1n) is 30.7. The summed E-state index contributed by atoms with van der Waals surface area (Å²) in [4.78, 5) is 18.6. The zero-order valence-corrected chi connectivity index (χ0v) is 53.9. The molecule has 20 rings (SSSR count). The molecule has 0 saturated heterocycles. The highest BCUT2D eigenvalue weighted by atomic mass is 32.2. The molecule has 432 valence electrons. The molecule has 12 aromatic carbocycles. The molecule has 19 aromatic rings. The quantitative estimate of drug-likeness (QED) is 0.146. The van der Waals surface area contributed by atoms with Crippen molar-refractivity contribution >= 4 is 203 Å². The van der Waals surface area contributed by atoms with Crippen molar-refractivity contribution in [2.24, 2.45) is 0 Å². The Morgan fingerprint density at radius 2 is 0.772 bits per heavy atom. The van der Waals surface area contributed by atoms with Crippen molar-refractivity contribution in [3.8, 4) is 33.4 Å². The molecule has 0 bridgehead atoms. The van der Waals surface area contributed by atoms with E-state index in [1.165, 1.54) is 149 Å². The summed E-state index contributed by atoms with van der Waals surface area (Å²) in [6, 6.07) is 100. The van der Waals surface area contributed by atoms with Crippen LogP contribution >= 0.6 is 67.6 Å². The molecule has 1 aliphatic rings. The number of pyridine rings is 2. The van der Waals surface area contributed by atoms with Crippen molar-refractivity contribution in [3.05, 3.63) is 286 Å². The van der Waals surface area contributed by atoms with Crippen LogP contribution in [0.4, 0.5) is 34.1 Å². The van der Waals surface area contributed by atoms with Crippen LogP contribution in [-0.2, 0) is 0 Å². The average Bonchev–Trinajstić information content (AvgIpc) is 1.57. The highest BCUT2D eigenvalue weighted by Gasteiger charge is 2.31. The Balaban J connectivity index is 0.672. The molecule has 8 heterocycles. The van der Waals surface area contributed by atoms with Crippen LogP contribution in [0.2, 0.25) is 0 Å². The van der Waals surface area contributed by atoms with Gasteiger partial charge in [-0.15, -0.1) is 56.7 Å². The summed E-state index contributed by atoms with van der Waals surface area (Å²) < 4.78 is 12.9. The Labute approximate surface area is 551 Å². The Morgan fingerprint density at radius 3 is 1.49 bits per heavy atom. The Bertz CT molecular complexity index is 6250. The topological polar surface area (TPSA) is 32.3 Å².